The molecule has 2 aliphatic heterocycles. The molecule has 1 aromatic carbocycles. The number of benzene rings is 1. The Balaban J connectivity index is 1.39. The summed E-state index contributed by atoms with van der Waals surface area (Å²) in [4.78, 5) is 14.4. The molecule has 2 fully saturated rings. The van der Waals surface area contributed by atoms with Crippen LogP contribution in [0.1, 0.15) is 43.2 Å². The van der Waals surface area contributed by atoms with Crippen molar-refractivity contribution in [2.45, 2.75) is 58.0 Å². The van der Waals surface area contributed by atoms with Gasteiger partial charge in [-0.2, -0.15) is 0 Å². The molecule has 23 heavy (non-hydrogen) atoms. The first-order chi connectivity index (χ1) is 11.1. The van der Waals surface area contributed by atoms with Gasteiger partial charge in [-0.05, 0) is 62.8 Å². The van der Waals surface area contributed by atoms with Gasteiger partial charge < -0.3 is 15.0 Å². The molecule has 0 saturated carbocycles. The number of hydrogen-bond donors (Lipinski definition) is 1. The number of nitrogens with one attached hydrogen (secondary N) is 1. The van der Waals surface area contributed by atoms with E-state index in [2.05, 4.69) is 31.3 Å². The van der Waals surface area contributed by atoms with Crippen molar-refractivity contribution in [1.82, 2.24) is 10.2 Å². The fourth-order valence-electron chi connectivity index (χ4n) is 3.54. The molecule has 1 aromatic rings. The van der Waals surface area contributed by atoms with E-state index in [9.17, 15) is 4.79 Å². The number of fused-ring (bicyclic) bond motifs is 2. The fraction of sp³-hybridized carbons (Fsp3) is 0.632. The fourth-order valence-corrected chi connectivity index (χ4v) is 3.54. The summed E-state index contributed by atoms with van der Waals surface area (Å²) in [6.07, 6.45) is 4.95. The smallest absolute Gasteiger partial charge is 0.222 e. The molecule has 4 heteroatoms. The zero-order chi connectivity index (χ0) is 16.2. The first-order valence-corrected chi connectivity index (χ1v) is 8.85. The van der Waals surface area contributed by atoms with Crippen molar-refractivity contribution < 1.29 is 9.53 Å². The van der Waals surface area contributed by atoms with Crippen molar-refractivity contribution in [2.24, 2.45) is 0 Å². The van der Waals surface area contributed by atoms with Gasteiger partial charge in [-0.3, -0.25) is 4.79 Å². The Morgan fingerprint density at radius 3 is 2.87 bits per heavy atom. The Kier molecular flexibility index (Phi) is 5.21. The summed E-state index contributed by atoms with van der Waals surface area (Å²) < 4.78 is 5.77. The lowest BCUT2D eigenvalue weighted by atomic mass is 10.1. The van der Waals surface area contributed by atoms with Crippen molar-refractivity contribution in [3.8, 4) is 5.75 Å². The SMILES string of the molecule is Cc1ccc(OCCCC(=O)N2CCC3CCC(C2)N3)cc1C. The minimum Gasteiger partial charge on any atom is -0.494 e. The van der Waals surface area contributed by atoms with Crippen LogP contribution >= 0.6 is 0 Å². The van der Waals surface area contributed by atoms with Crippen LogP contribution in [-0.2, 0) is 4.79 Å². The second-order valence-electron chi connectivity index (χ2n) is 6.96. The third kappa shape index (κ3) is 4.25. The molecule has 0 radical (unpaired) electrons. The first kappa shape index (κ1) is 16.3. The maximum Gasteiger partial charge on any atom is 0.222 e. The summed E-state index contributed by atoms with van der Waals surface area (Å²) >= 11 is 0. The lowest BCUT2D eigenvalue weighted by molar-refractivity contribution is -0.131. The van der Waals surface area contributed by atoms with Crippen LogP contribution in [0.25, 0.3) is 0 Å². The van der Waals surface area contributed by atoms with E-state index in [1.54, 1.807) is 0 Å². The number of amides is 1. The van der Waals surface area contributed by atoms with Crippen molar-refractivity contribution in [3.05, 3.63) is 29.3 Å². The van der Waals surface area contributed by atoms with Gasteiger partial charge in [-0.15, -0.1) is 0 Å². The average molecular weight is 316 g/mol. The van der Waals surface area contributed by atoms with Crippen LogP contribution in [0.2, 0.25) is 0 Å². The number of ether oxygens (including phenoxy) is 1. The minimum absolute atomic E-state index is 0.281. The monoisotopic (exact) mass is 316 g/mol. The third-order valence-electron chi connectivity index (χ3n) is 5.16. The Bertz CT molecular complexity index is 558. The van der Waals surface area contributed by atoms with E-state index in [0.29, 0.717) is 25.1 Å². The van der Waals surface area contributed by atoms with Crippen LogP contribution in [0.4, 0.5) is 0 Å². The zero-order valence-electron chi connectivity index (χ0n) is 14.3. The highest BCUT2D eigenvalue weighted by Crippen LogP contribution is 2.21. The largest absolute Gasteiger partial charge is 0.494 e. The first-order valence-electron chi connectivity index (χ1n) is 8.85. The van der Waals surface area contributed by atoms with E-state index in [0.717, 1.165) is 31.7 Å². The Morgan fingerprint density at radius 1 is 1.22 bits per heavy atom. The van der Waals surface area contributed by atoms with Gasteiger partial charge in [0.15, 0.2) is 0 Å². The molecule has 1 N–H and O–H groups in total. The molecule has 0 aliphatic carbocycles. The Morgan fingerprint density at radius 2 is 2.04 bits per heavy atom. The molecular weight excluding hydrogens is 288 g/mol. The van der Waals surface area contributed by atoms with Gasteiger partial charge >= 0.3 is 0 Å². The number of likely N-dealkylation sites (tertiary alicyclic amines) is 1. The average Bonchev–Trinajstić information content (AvgIpc) is 2.86. The number of carbonyl (C=O) groups excluding carboxylic acids is 1. The highest BCUT2D eigenvalue weighted by molar-refractivity contribution is 5.76. The minimum atomic E-state index is 0.281. The summed E-state index contributed by atoms with van der Waals surface area (Å²) in [5.74, 6) is 1.18. The third-order valence-corrected chi connectivity index (χ3v) is 5.16. The molecule has 2 unspecified atom stereocenters. The summed E-state index contributed by atoms with van der Waals surface area (Å²) in [5, 5.41) is 3.62. The van der Waals surface area contributed by atoms with Crippen LogP contribution in [0, 0.1) is 13.8 Å². The van der Waals surface area contributed by atoms with Crippen LogP contribution in [0.5, 0.6) is 5.75 Å². The molecule has 1 amide bonds. The van der Waals surface area contributed by atoms with E-state index < -0.39 is 0 Å². The van der Waals surface area contributed by atoms with Crippen LogP contribution < -0.4 is 10.1 Å². The molecule has 2 bridgehead atoms. The molecule has 3 rings (SSSR count). The molecule has 2 aliphatic rings. The summed E-state index contributed by atoms with van der Waals surface area (Å²) in [5.41, 5.74) is 2.52. The number of hydrogen-bond acceptors (Lipinski definition) is 3. The highest BCUT2D eigenvalue weighted by Gasteiger charge is 2.30. The van der Waals surface area contributed by atoms with Gasteiger partial charge in [0.2, 0.25) is 5.91 Å². The Hall–Kier alpha value is -1.55. The number of rotatable bonds is 5. The molecule has 2 atom stereocenters. The van der Waals surface area contributed by atoms with Crippen molar-refractivity contribution in [3.63, 3.8) is 0 Å². The van der Waals surface area contributed by atoms with E-state index >= 15 is 0 Å². The molecular formula is C19H28N2O2. The molecule has 2 saturated heterocycles. The van der Waals surface area contributed by atoms with Crippen LogP contribution in [-0.4, -0.2) is 42.6 Å². The van der Waals surface area contributed by atoms with E-state index in [-0.39, 0.29) is 5.91 Å². The Labute approximate surface area is 139 Å². The van der Waals surface area contributed by atoms with Gasteiger partial charge in [0.25, 0.3) is 0 Å². The quantitative estimate of drug-likeness (QED) is 0.849. The number of aryl methyl sites for hydroxylation is 2. The second kappa shape index (κ2) is 7.35. The summed E-state index contributed by atoms with van der Waals surface area (Å²) in [6, 6.07) is 7.29. The van der Waals surface area contributed by atoms with Crippen molar-refractivity contribution in [2.75, 3.05) is 19.7 Å². The molecule has 0 aromatic heterocycles. The standard InChI is InChI=1S/C19H28N2O2/c1-14-5-8-18(12-15(14)2)23-11-3-4-19(22)21-10-9-16-6-7-17(13-21)20-16/h5,8,12,16-17,20H,3-4,6-7,9-11,13H2,1-2H3. The topological polar surface area (TPSA) is 41.6 Å². The summed E-state index contributed by atoms with van der Waals surface area (Å²) in [7, 11) is 0. The van der Waals surface area contributed by atoms with Gasteiger partial charge in [-0.25, -0.2) is 0 Å². The van der Waals surface area contributed by atoms with E-state index in [1.165, 1.54) is 24.0 Å². The number of nitrogens with zero attached hydrogens (tertiary/aromatic N) is 1. The molecule has 126 valence electrons. The van der Waals surface area contributed by atoms with Crippen LogP contribution in [0.15, 0.2) is 18.2 Å². The van der Waals surface area contributed by atoms with Crippen molar-refractivity contribution >= 4 is 5.91 Å². The number of carbonyl (C=O) groups is 1. The van der Waals surface area contributed by atoms with E-state index in [4.69, 9.17) is 4.74 Å². The normalized spacial score (nSPS) is 23.7. The lowest BCUT2D eigenvalue weighted by Crippen LogP contribution is -2.39. The van der Waals surface area contributed by atoms with Crippen LogP contribution in [0.3, 0.4) is 0 Å². The zero-order valence-corrected chi connectivity index (χ0v) is 14.3. The van der Waals surface area contributed by atoms with Gasteiger partial charge in [0, 0.05) is 31.6 Å². The van der Waals surface area contributed by atoms with E-state index in [1.807, 2.05) is 11.0 Å². The van der Waals surface area contributed by atoms with Gasteiger partial charge in [0.1, 0.15) is 5.75 Å². The van der Waals surface area contributed by atoms with Gasteiger partial charge in [-0.1, -0.05) is 6.07 Å². The maximum absolute atomic E-state index is 12.4. The summed E-state index contributed by atoms with van der Waals surface area (Å²) in [6.45, 7) is 6.58. The lowest BCUT2D eigenvalue weighted by Gasteiger charge is -2.24. The van der Waals surface area contributed by atoms with Crippen molar-refractivity contribution in [1.29, 1.82) is 0 Å². The van der Waals surface area contributed by atoms with Gasteiger partial charge in [0.05, 0.1) is 6.61 Å². The molecule has 4 nitrogen and oxygen atoms in total. The molecule has 0 spiro atoms. The highest BCUT2D eigenvalue weighted by atomic mass is 16.5. The predicted molar refractivity (Wildman–Crippen MR) is 91.8 cm³/mol. The predicted octanol–water partition coefficient (Wildman–Crippen LogP) is 2.82. The second-order valence-corrected chi connectivity index (χ2v) is 6.96. The maximum atomic E-state index is 12.4. The molecule has 2 heterocycles.